The maximum atomic E-state index is 13.7. The number of carbonyl (C=O) groups excluding carboxylic acids is 1. The molecule has 0 saturated heterocycles. The molecule has 1 saturated carbocycles. The zero-order valence-corrected chi connectivity index (χ0v) is 20.0. The van der Waals surface area contributed by atoms with E-state index in [9.17, 15) is 4.79 Å². The van der Waals surface area contributed by atoms with Gasteiger partial charge >= 0.3 is 0 Å². The molecular weight excluding hydrogens is 414 g/mol. The number of hydrogen-bond donors (Lipinski definition) is 1. The third-order valence-electron chi connectivity index (χ3n) is 6.79. The first-order valence-electron chi connectivity index (χ1n) is 11.6. The molecule has 172 valence electrons. The second-order valence-corrected chi connectivity index (χ2v) is 9.91. The van der Waals surface area contributed by atoms with Gasteiger partial charge in [-0.1, -0.05) is 29.8 Å². The third-order valence-corrected chi connectivity index (χ3v) is 6.79. The number of benzene rings is 2. The van der Waals surface area contributed by atoms with Gasteiger partial charge in [-0.3, -0.25) is 4.79 Å². The number of furan rings is 1. The van der Waals surface area contributed by atoms with E-state index in [0.717, 1.165) is 52.4 Å². The van der Waals surface area contributed by atoms with E-state index in [1.165, 1.54) is 5.56 Å². The molecule has 5 nitrogen and oxygen atoms in total. The Kier molecular flexibility index (Phi) is 5.13. The van der Waals surface area contributed by atoms with Crippen LogP contribution >= 0.6 is 0 Å². The zero-order valence-electron chi connectivity index (χ0n) is 20.0. The molecule has 0 spiro atoms. The van der Waals surface area contributed by atoms with E-state index < -0.39 is 11.2 Å². The minimum absolute atomic E-state index is 0.0273. The first-order valence-corrected chi connectivity index (χ1v) is 11.6. The molecule has 1 aliphatic heterocycles. The first kappa shape index (κ1) is 21.8. The van der Waals surface area contributed by atoms with E-state index in [1.54, 1.807) is 0 Å². The van der Waals surface area contributed by atoms with Crippen LogP contribution in [0.1, 0.15) is 72.1 Å². The molecule has 2 heterocycles. The van der Waals surface area contributed by atoms with Crippen LogP contribution in [0.2, 0.25) is 0 Å². The lowest BCUT2D eigenvalue weighted by Crippen LogP contribution is -2.38. The van der Waals surface area contributed by atoms with Gasteiger partial charge in [0.2, 0.25) is 11.7 Å². The highest BCUT2D eigenvalue weighted by Gasteiger charge is 2.52. The third kappa shape index (κ3) is 4.06. The molecule has 1 atom stereocenters. The van der Waals surface area contributed by atoms with E-state index in [0.29, 0.717) is 6.61 Å². The average Bonchev–Trinajstić information content (AvgIpc) is 3.46. The number of fused-ring (bicyclic) bond motifs is 1. The second kappa shape index (κ2) is 7.77. The molecule has 2 aromatic carbocycles. The summed E-state index contributed by atoms with van der Waals surface area (Å²) in [5.74, 6) is 1.79. The Morgan fingerprint density at radius 3 is 2.45 bits per heavy atom. The average molecular weight is 446 g/mol. The SMILES string of the molecule is Cc1ccc(C(NC(=O)C2(c3ccc4c(c3)COC(C)(C)O4)CC2)c2ccc(C)o2)c(C)c1. The Hall–Kier alpha value is -3.05. The minimum Gasteiger partial charge on any atom is -0.464 e. The number of rotatable bonds is 5. The minimum atomic E-state index is -0.635. The van der Waals surface area contributed by atoms with Gasteiger partial charge in [-0.15, -0.1) is 0 Å². The molecule has 1 fully saturated rings. The van der Waals surface area contributed by atoms with Gasteiger partial charge in [0.15, 0.2) is 0 Å². The molecule has 1 aromatic heterocycles. The van der Waals surface area contributed by atoms with Crippen LogP contribution < -0.4 is 10.1 Å². The summed E-state index contributed by atoms with van der Waals surface area (Å²) in [4.78, 5) is 13.7. The van der Waals surface area contributed by atoms with Crippen LogP contribution in [0.15, 0.2) is 52.9 Å². The fraction of sp³-hybridized carbons (Fsp3) is 0.393. The van der Waals surface area contributed by atoms with Gasteiger partial charge in [0, 0.05) is 19.4 Å². The summed E-state index contributed by atoms with van der Waals surface area (Å²) in [5.41, 5.74) is 4.84. The normalized spacial score (nSPS) is 18.7. The molecule has 5 rings (SSSR count). The summed E-state index contributed by atoms with van der Waals surface area (Å²) in [7, 11) is 0. The van der Waals surface area contributed by atoms with Crippen molar-refractivity contribution in [2.45, 2.75) is 71.3 Å². The van der Waals surface area contributed by atoms with Crippen LogP contribution in [0.3, 0.4) is 0 Å². The van der Waals surface area contributed by atoms with Crippen LogP contribution in [0.25, 0.3) is 0 Å². The summed E-state index contributed by atoms with van der Waals surface area (Å²) in [6.45, 7) is 10.4. The lowest BCUT2D eigenvalue weighted by molar-refractivity contribution is -0.180. The van der Waals surface area contributed by atoms with Gasteiger partial charge in [-0.25, -0.2) is 0 Å². The van der Waals surface area contributed by atoms with Gasteiger partial charge in [0.25, 0.3) is 0 Å². The summed E-state index contributed by atoms with van der Waals surface area (Å²) >= 11 is 0. The number of ether oxygens (including phenoxy) is 2. The molecule has 1 N–H and O–H groups in total. The van der Waals surface area contributed by atoms with Crippen molar-refractivity contribution in [1.29, 1.82) is 0 Å². The van der Waals surface area contributed by atoms with E-state index >= 15 is 0 Å². The number of amides is 1. The molecule has 1 aliphatic carbocycles. The van der Waals surface area contributed by atoms with Crippen LogP contribution in [-0.2, 0) is 21.6 Å². The Labute approximate surface area is 195 Å². The number of hydrogen-bond acceptors (Lipinski definition) is 4. The van der Waals surface area contributed by atoms with Crippen molar-refractivity contribution >= 4 is 5.91 Å². The van der Waals surface area contributed by atoms with Gasteiger partial charge in [0.1, 0.15) is 23.3 Å². The van der Waals surface area contributed by atoms with E-state index in [-0.39, 0.29) is 11.9 Å². The lowest BCUT2D eigenvalue weighted by atomic mass is 9.91. The Morgan fingerprint density at radius 1 is 1.00 bits per heavy atom. The predicted octanol–water partition coefficient (Wildman–Crippen LogP) is 5.79. The number of carbonyl (C=O) groups is 1. The van der Waals surface area contributed by atoms with Gasteiger partial charge in [-0.2, -0.15) is 0 Å². The van der Waals surface area contributed by atoms with Crippen LogP contribution in [0.5, 0.6) is 5.75 Å². The van der Waals surface area contributed by atoms with E-state index in [1.807, 2.05) is 45.0 Å². The zero-order chi connectivity index (χ0) is 23.4. The lowest BCUT2D eigenvalue weighted by Gasteiger charge is -2.33. The number of aryl methyl sites for hydroxylation is 3. The maximum absolute atomic E-state index is 13.7. The molecule has 1 amide bonds. The van der Waals surface area contributed by atoms with E-state index in [2.05, 4.69) is 43.4 Å². The predicted molar refractivity (Wildman–Crippen MR) is 126 cm³/mol. The fourth-order valence-electron chi connectivity index (χ4n) is 4.74. The van der Waals surface area contributed by atoms with Gasteiger partial charge < -0.3 is 19.2 Å². The van der Waals surface area contributed by atoms with Crippen molar-refractivity contribution in [3.05, 3.63) is 87.9 Å². The smallest absolute Gasteiger partial charge is 0.231 e. The summed E-state index contributed by atoms with van der Waals surface area (Å²) in [6.07, 6.45) is 1.64. The Morgan fingerprint density at radius 2 is 1.79 bits per heavy atom. The summed E-state index contributed by atoms with van der Waals surface area (Å²) in [5, 5.41) is 3.32. The van der Waals surface area contributed by atoms with Crippen LogP contribution in [0, 0.1) is 20.8 Å². The molecule has 5 heteroatoms. The topological polar surface area (TPSA) is 60.7 Å². The molecule has 3 aromatic rings. The highest BCUT2D eigenvalue weighted by Crippen LogP contribution is 2.50. The van der Waals surface area contributed by atoms with Crippen molar-refractivity contribution in [2.24, 2.45) is 0 Å². The van der Waals surface area contributed by atoms with Crippen molar-refractivity contribution < 1.29 is 18.7 Å². The molecule has 1 unspecified atom stereocenters. The Balaban J connectivity index is 1.45. The second-order valence-electron chi connectivity index (χ2n) is 9.91. The molecule has 0 radical (unpaired) electrons. The maximum Gasteiger partial charge on any atom is 0.231 e. The summed E-state index contributed by atoms with van der Waals surface area (Å²) in [6, 6.07) is 15.9. The standard InChI is InChI=1S/C28H31NO4/c1-17-6-9-22(18(2)14-17)25(24-10-7-19(3)32-24)29-26(30)28(12-13-28)21-8-11-23-20(15-21)16-31-27(4,5)33-23/h6-11,14-15,25H,12-13,16H2,1-5H3,(H,29,30). The molecule has 2 aliphatic rings. The van der Waals surface area contributed by atoms with Crippen LogP contribution in [-0.4, -0.2) is 11.7 Å². The molecular formula is C28H31NO4. The van der Waals surface area contributed by atoms with E-state index in [4.69, 9.17) is 13.9 Å². The Bertz CT molecular complexity index is 1220. The monoisotopic (exact) mass is 445 g/mol. The number of nitrogens with one attached hydrogen (secondary N) is 1. The highest BCUT2D eigenvalue weighted by atomic mass is 16.7. The van der Waals surface area contributed by atoms with Crippen molar-refractivity contribution in [2.75, 3.05) is 0 Å². The largest absolute Gasteiger partial charge is 0.464 e. The van der Waals surface area contributed by atoms with Crippen molar-refractivity contribution in [1.82, 2.24) is 5.32 Å². The fourth-order valence-corrected chi connectivity index (χ4v) is 4.74. The molecule has 0 bridgehead atoms. The van der Waals surface area contributed by atoms with Gasteiger partial charge in [0.05, 0.1) is 12.0 Å². The van der Waals surface area contributed by atoms with Crippen molar-refractivity contribution in [3.8, 4) is 5.75 Å². The van der Waals surface area contributed by atoms with Crippen LogP contribution in [0.4, 0.5) is 0 Å². The molecule has 33 heavy (non-hydrogen) atoms. The first-order chi connectivity index (χ1) is 15.7. The summed E-state index contributed by atoms with van der Waals surface area (Å²) < 4.78 is 17.7. The quantitative estimate of drug-likeness (QED) is 0.540. The van der Waals surface area contributed by atoms with Gasteiger partial charge in [-0.05, 0) is 74.6 Å². The highest BCUT2D eigenvalue weighted by molar-refractivity contribution is 5.92. The van der Waals surface area contributed by atoms with Crippen molar-refractivity contribution in [3.63, 3.8) is 0 Å².